The summed E-state index contributed by atoms with van der Waals surface area (Å²) in [6, 6.07) is 4.06. The summed E-state index contributed by atoms with van der Waals surface area (Å²) in [6.07, 6.45) is 5.60. The monoisotopic (exact) mass is 419 g/mol. The van der Waals surface area contributed by atoms with Gasteiger partial charge in [-0.3, -0.25) is 4.79 Å². The molecular weight excluding hydrogens is 394 g/mol. The Hall–Kier alpha value is -0.670. The maximum Gasteiger partial charge on any atom is 0.253 e. The number of nitrogens with zero attached hydrogens (tertiary/aromatic N) is 1. The molecule has 3 unspecified atom stereocenters. The number of carbonyl (C=O) groups excluding carboxylic acids is 1. The van der Waals surface area contributed by atoms with Crippen molar-refractivity contribution in [1.29, 1.82) is 0 Å². The van der Waals surface area contributed by atoms with Crippen molar-refractivity contribution in [2.75, 3.05) is 6.54 Å². The second-order valence-electron chi connectivity index (χ2n) is 7.45. The third-order valence-electron chi connectivity index (χ3n) is 5.60. The van der Waals surface area contributed by atoms with Crippen LogP contribution in [0.5, 0.6) is 0 Å². The van der Waals surface area contributed by atoms with E-state index in [2.05, 4.69) is 10.6 Å². The number of piperidine rings is 1. The van der Waals surface area contributed by atoms with Gasteiger partial charge in [0.05, 0.1) is 0 Å². The van der Waals surface area contributed by atoms with Crippen molar-refractivity contribution < 1.29 is 13.2 Å². The molecule has 3 saturated heterocycles. The maximum absolute atomic E-state index is 12.9. The maximum atomic E-state index is 12.9. The number of sulfonamides is 1. The van der Waals surface area contributed by atoms with Crippen LogP contribution in [0.3, 0.4) is 0 Å². The summed E-state index contributed by atoms with van der Waals surface area (Å²) in [5.41, 5.74) is 0. The van der Waals surface area contributed by atoms with Gasteiger partial charge < -0.3 is 10.6 Å². The average Bonchev–Trinajstić information content (AvgIpc) is 3.27. The van der Waals surface area contributed by atoms with Crippen molar-refractivity contribution in [3.63, 3.8) is 0 Å². The molecule has 3 aliphatic rings. The van der Waals surface area contributed by atoms with E-state index in [1.165, 1.54) is 28.5 Å². The fourth-order valence-electron chi connectivity index (χ4n) is 4.43. The van der Waals surface area contributed by atoms with Crippen LogP contribution in [-0.4, -0.2) is 49.3 Å². The second-order valence-corrected chi connectivity index (χ2v) is 10.9. The predicted octanol–water partition coefficient (Wildman–Crippen LogP) is 2.03. The molecule has 1 aromatic rings. The van der Waals surface area contributed by atoms with Gasteiger partial charge in [0.15, 0.2) is 0 Å². The lowest BCUT2D eigenvalue weighted by Gasteiger charge is -2.31. The van der Waals surface area contributed by atoms with Gasteiger partial charge in [-0.05, 0) is 57.6 Å². The number of rotatable bonds is 4. The molecule has 1 amide bonds. The van der Waals surface area contributed by atoms with Crippen molar-refractivity contribution in [2.24, 2.45) is 0 Å². The molecule has 3 atom stereocenters. The van der Waals surface area contributed by atoms with Crippen LogP contribution in [0.1, 0.15) is 43.4 Å². The van der Waals surface area contributed by atoms with Gasteiger partial charge in [0.2, 0.25) is 5.91 Å². The summed E-state index contributed by atoms with van der Waals surface area (Å²) in [7, 11) is -3.58. The topological polar surface area (TPSA) is 78.5 Å². The van der Waals surface area contributed by atoms with Gasteiger partial charge in [0.1, 0.15) is 10.3 Å². The third kappa shape index (κ3) is 3.80. The Labute approximate surface area is 165 Å². The van der Waals surface area contributed by atoms with Crippen LogP contribution in [-0.2, 0) is 14.8 Å². The van der Waals surface area contributed by atoms with Crippen LogP contribution >= 0.6 is 23.7 Å². The van der Waals surface area contributed by atoms with E-state index in [0.717, 1.165) is 24.1 Å². The standard InChI is InChI=1S/C17H25N3O3S2.ClH/c1-11-4-7-16(24-11)25(22,23)20-8-2-3-15(20)17(21)19-14-9-12-5-6-13(10-14)18-12;/h4,7,12-15,18H,2-3,5-6,8-10H2,1H3,(H,19,21);1H. The van der Waals surface area contributed by atoms with E-state index in [4.69, 9.17) is 0 Å². The van der Waals surface area contributed by atoms with Crippen LogP contribution in [0.2, 0.25) is 0 Å². The lowest BCUT2D eigenvalue weighted by atomic mass is 9.99. The molecule has 0 saturated carbocycles. The molecule has 6 nitrogen and oxygen atoms in total. The highest BCUT2D eigenvalue weighted by atomic mass is 35.5. The van der Waals surface area contributed by atoms with Crippen LogP contribution < -0.4 is 10.6 Å². The van der Waals surface area contributed by atoms with E-state index < -0.39 is 16.1 Å². The Bertz CT molecular complexity index is 755. The second kappa shape index (κ2) is 7.75. The minimum absolute atomic E-state index is 0. The third-order valence-corrected chi connectivity index (χ3v) is 8.98. The van der Waals surface area contributed by atoms with Crippen molar-refractivity contribution in [3.05, 3.63) is 17.0 Å². The molecule has 4 rings (SSSR count). The molecule has 26 heavy (non-hydrogen) atoms. The fraction of sp³-hybridized carbons (Fsp3) is 0.706. The minimum atomic E-state index is -3.58. The number of halogens is 1. The van der Waals surface area contributed by atoms with E-state index >= 15 is 0 Å². The highest BCUT2D eigenvalue weighted by molar-refractivity contribution is 7.91. The summed E-state index contributed by atoms with van der Waals surface area (Å²) in [5.74, 6) is -0.124. The molecule has 146 valence electrons. The predicted molar refractivity (Wildman–Crippen MR) is 104 cm³/mol. The number of nitrogens with one attached hydrogen (secondary N) is 2. The number of hydrogen-bond acceptors (Lipinski definition) is 5. The molecule has 0 aromatic carbocycles. The summed E-state index contributed by atoms with van der Waals surface area (Å²) in [6.45, 7) is 2.32. The molecule has 0 aliphatic carbocycles. The molecule has 9 heteroatoms. The molecule has 2 N–H and O–H groups in total. The first-order valence-corrected chi connectivity index (χ1v) is 11.3. The number of aryl methyl sites for hydroxylation is 1. The van der Waals surface area contributed by atoms with E-state index in [-0.39, 0.29) is 24.4 Å². The van der Waals surface area contributed by atoms with Crippen molar-refractivity contribution in [2.45, 2.75) is 73.8 Å². The lowest BCUT2D eigenvalue weighted by Crippen LogP contribution is -2.53. The molecule has 3 aliphatic heterocycles. The van der Waals surface area contributed by atoms with Crippen molar-refractivity contribution in [1.82, 2.24) is 14.9 Å². The first-order chi connectivity index (χ1) is 11.9. The smallest absolute Gasteiger partial charge is 0.253 e. The summed E-state index contributed by atoms with van der Waals surface area (Å²) >= 11 is 1.27. The zero-order valence-electron chi connectivity index (χ0n) is 14.8. The molecule has 0 radical (unpaired) electrons. The number of carbonyl (C=O) groups is 1. The Balaban J connectivity index is 0.00000196. The number of fused-ring (bicyclic) bond motifs is 2. The van der Waals surface area contributed by atoms with Gasteiger partial charge in [0.25, 0.3) is 10.0 Å². The van der Waals surface area contributed by atoms with Crippen LogP contribution in [0.4, 0.5) is 0 Å². The Morgan fingerprint density at radius 1 is 1.23 bits per heavy atom. The first-order valence-electron chi connectivity index (χ1n) is 9.08. The Morgan fingerprint density at radius 3 is 2.54 bits per heavy atom. The van der Waals surface area contributed by atoms with E-state index in [9.17, 15) is 13.2 Å². The molecular formula is C17H26ClN3O3S2. The molecule has 2 bridgehead atoms. The fourth-order valence-corrected chi connectivity index (χ4v) is 7.50. The highest BCUT2D eigenvalue weighted by Gasteiger charge is 2.41. The number of hydrogen-bond donors (Lipinski definition) is 2. The average molecular weight is 420 g/mol. The van der Waals surface area contributed by atoms with E-state index in [0.29, 0.717) is 29.3 Å². The molecule has 3 fully saturated rings. The summed E-state index contributed by atoms with van der Waals surface area (Å²) in [4.78, 5) is 13.8. The van der Waals surface area contributed by atoms with Crippen molar-refractivity contribution >= 4 is 39.7 Å². The molecule has 0 spiro atoms. The van der Waals surface area contributed by atoms with Crippen LogP contribution in [0, 0.1) is 6.92 Å². The summed E-state index contributed by atoms with van der Waals surface area (Å²) < 4.78 is 27.6. The molecule has 1 aromatic heterocycles. The number of thiophene rings is 1. The molecule has 4 heterocycles. The van der Waals surface area contributed by atoms with Gasteiger partial charge in [-0.15, -0.1) is 23.7 Å². The van der Waals surface area contributed by atoms with Gasteiger partial charge in [-0.2, -0.15) is 4.31 Å². The summed E-state index contributed by atoms with van der Waals surface area (Å²) in [5, 5.41) is 6.70. The largest absolute Gasteiger partial charge is 0.352 e. The zero-order chi connectivity index (χ0) is 17.6. The SMILES string of the molecule is Cc1ccc(S(=O)(=O)N2CCCC2C(=O)NC2CC3CCC(C2)N3)s1.Cl. The zero-order valence-corrected chi connectivity index (χ0v) is 17.3. The van der Waals surface area contributed by atoms with Gasteiger partial charge in [0, 0.05) is 29.5 Å². The van der Waals surface area contributed by atoms with Gasteiger partial charge >= 0.3 is 0 Å². The van der Waals surface area contributed by atoms with E-state index in [1.807, 2.05) is 13.0 Å². The first kappa shape index (κ1) is 20.1. The highest BCUT2D eigenvalue weighted by Crippen LogP contribution is 2.31. The van der Waals surface area contributed by atoms with Gasteiger partial charge in [-0.1, -0.05) is 0 Å². The normalized spacial score (nSPS) is 31.6. The number of amides is 1. The lowest BCUT2D eigenvalue weighted by molar-refractivity contribution is -0.125. The van der Waals surface area contributed by atoms with E-state index in [1.54, 1.807) is 6.07 Å². The Kier molecular flexibility index (Phi) is 5.99. The quantitative estimate of drug-likeness (QED) is 0.782. The minimum Gasteiger partial charge on any atom is -0.352 e. The van der Waals surface area contributed by atoms with Gasteiger partial charge in [-0.25, -0.2) is 8.42 Å². The van der Waals surface area contributed by atoms with Crippen molar-refractivity contribution in [3.8, 4) is 0 Å². The van der Waals surface area contributed by atoms with Crippen LogP contribution in [0.15, 0.2) is 16.3 Å². The van der Waals surface area contributed by atoms with Crippen LogP contribution in [0.25, 0.3) is 0 Å². The Morgan fingerprint density at radius 2 is 1.92 bits per heavy atom.